The van der Waals surface area contributed by atoms with Gasteiger partial charge >= 0.3 is 6.03 Å². The molecule has 0 aliphatic carbocycles. The number of H-pyrrole nitrogens is 1. The molecule has 0 spiro atoms. The zero-order valence-corrected chi connectivity index (χ0v) is 19.3. The maximum Gasteiger partial charge on any atom is 0.322 e. The van der Waals surface area contributed by atoms with Crippen LogP contribution in [0, 0.1) is 6.92 Å². The van der Waals surface area contributed by atoms with Crippen LogP contribution in [0.25, 0.3) is 10.9 Å². The number of amides is 2. The molecule has 5 rings (SSSR count). The van der Waals surface area contributed by atoms with Gasteiger partial charge in [0.1, 0.15) is 0 Å². The summed E-state index contributed by atoms with van der Waals surface area (Å²) in [5.74, 6) is 0. The minimum absolute atomic E-state index is 0.125. The summed E-state index contributed by atoms with van der Waals surface area (Å²) in [7, 11) is 0. The number of urea groups is 1. The van der Waals surface area contributed by atoms with E-state index in [0.717, 1.165) is 43.8 Å². The Balaban J connectivity index is 1.60. The molecule has 0 radical (unpaired) electrons. The topological polar surface area (TPSA) is 48.1 Å². The highest BCUT2D eigenvalue weighted by Crippen LogP contribution is 2.39. The first kappa shape index (κ1) is 20.2. The Bertz CT molecular complexity index is 1280. The number of carbonyl (C=O) groups is 1. The molecule has 156 valence electrons. The van der Waals surface area contributed by atoms with E-state index in [1.807, 2.05) is 47.4 Å². The minimum Gasteiger partial charge on any atom is -0.356 e. The van der Waals surface area contributed by atoms with Crippen LogP contribution in [0.1, 0.15) is 28.4 Å². The Morgan fingerprint density at radius 3 is 2.68 bits per heavy atom. The van der Waals surface area contributed by atoms with Gasteiger partial charge in [-0.3, -0.25) is 0 Å². The molecule has 6 heteroatoms. The molecule has 0 bridgehead atoms. The van der Waals surface area contributed by atoms with Gasteiger partial charge in [-0.15, -0.1) is 0 Å². The first-order valence-electron chi connectivity index (χ1n) is 10.2. The van der Waals surface area contributed by atoms with Crippen LogP contribution in [0.3, 0.4) is 0 Å². The number of nitrogens with zero attached hydrogens (tertiary/aromatic N) is 1. The summed E-state index contributed by atoms with van der Waals surface area (Å²) < 4.78 is 0.855. The summed E-state index contributed by atoms with van der Waals surface area (Å²) in [6.45, 7) is 2.68. The van der Waals surface area contributed by atoms with E-state index in [2.05, 4.69) is 57.4 Å². The fourth-order valence-electron chi connectivity index (χ4n) is 4.32. The number of rotatable bonds is 2. The third kappa shape index (κ3) is 3.73. The van der Waals surface area contributed by atoms with Crippen molar-refractivity contribution >= 4 is 50.2 Å². The molecule has 2 heterocycles. The van der Waals surface area contributed by atoms with Gasteiger partial charge in [-0.1, -0.05) is 53.6 Å². The van der Waals surface area contributed by atoms with Crippen molar-refractivity contribution in [1.29, 1.82) is 0 Å². The summed E-state index contributed by atoms with van der Waals surface area (Å²) >= 11 is 9.80. The molecule has 1 aromatic heterocycles. The Hall–Kier alpha value is -2.76. The molecule has 0 fully saturated rings. The molecule has 2 amide bonds. The first-order chi connectivity index (χ1) is 15.0. The molecule has 2 N–H and O–H groups in total. The average molecular weight is 495 g/mol. The van der Waals surface area contributed by atoms with Crippen LogP contribution in [0.15, 0.2) is 71.2 Å². The molecule has 0 saturated carbocycles. The lowest BCUT2D eigenvalue weighted by atomic mass is 9.92. The van der Waals surface area contributed by atoms with Crippen molar-refractivity contribution in [2.45, 2.75) is 19.4 Å². The lowest BCUT2D eigenvalue weighted by molar-refractivity contribution is 0.193. The molecule has 4 aromatic rings. The Labute approximate surface area is 194 Å². The van der Waals surface area contributed by atoms with Crippen molar-refractivity contribution in [2.24, 2.45) is 0 Å². The lowest BCUT2D eigenvalue weighted by Crippen LogP contribution is -2.43. The van der Waals surface area contributed by atoms with Crippen molar-refractivity contribution in [3.63, 3.8) is 0 Å². The summed E-state index contributed by atoms with van der Waals surface area (Å²) in [6, 6.07) is 21.6. The highest BCUT2D eigenvalue weighted by molar-refractivity contribution is 9.10. The van der Waals surface area contributed by atoms with Crippen molar-refractivity contribution in [2.75, 3.05) is 11.9 Å². The minimum atomic E-state index is -0.210. The number of aromatic nitrogens is 1. The number of para-hydroxylation sites is 1. The molecular weight excluding hydrogens is 474 g/mol. The van der Waals surface area contributed by atoms with Crippen LogP contribution < -0.4 is 5.32 Å². The molecule has 0 unspecified atom stereocenters. The predicted molar refractivity (Wildman–Crippen MR) is 130 cm³/mol. The zero-order valence-electron chi connectivity index (χ0n) is 17.0. The number of carbonyl (C=O) groups excluding carboxylic acids is 1. The largest absolute Gasteiger partial charge is 0.356 e. The number of aromatic amines is 1. The Morgan fingerprint density at radius 2 is 1.90 bits per heavy atom. The maximum atomic E-state index is 13.4. The van der Waals surface area contributed by atoms with Gasteiger partial charge in [0.2, 0.25) is 0 Å². The van der Waals surface area contributed by atoms with Gasteiger partial charge in [0, 0.05) is 32.6 Å². The van der Waals surface area contributed by atoms with Crippen LogP contribution in [-0.2, 0) is 6.42 Å². The summed E-state index contributed by atoms with van der Waals surface area (Å²) in [5.41, 5.74) is 6.34. The van der Waals surface area contributed by atoms with Crippen molar-refractivity contribution in [3.8, 4) is 0 Å². The Morgan fingerprint density at radius 1 is 1.13 bits per heavy atom. The van der Waals surface area contributed by atoms with E-state index in [0.29, 0.717) is 6.54 Å². The number of hydrogen-bond acceptors (Lipinski definition) is 1. The predicted octanol–water partition coefficient (Wildman–Crippen LogP) is 7.07. The molecule has 31 heavy (non-hydrogen) atoms. The van der Waals surface area contributed by atoms with Crippen LogP contribution in [-0.4, -0.2) is 22.5 Å². The molecule has 0 saturated heterocycles. The zero-order chi connectivity index (χ0) is 21.5. The van der Waals surface area contributed by atoms with Crippen molar-refractivity contribution in [3.05, 3.63) is 98.6 Å². The van der Waals surface area contributed by atoms with E-state index in [9.17, 15) is 4.79 Å². The average Bonchev–Trinajstić information content (AvgIpc) is 3.13. The second kappa shape index (κ2) is 8.06. The number of fused-ring (bicyclic) bond motifs is 3. The van der Waals surface area contributed by atoms with E-state index >= 15 is 0 Å². The van der Waals surface area contributed by atoms with Gasteiger partial charge in [0.05, 0.1) is 11.7 Å². The summed E-state index contributed by atoms with van der Waals surface area (Å²) in [6.07, 6.45) is 0.765. The first-order valence-corrected chi connectivity index (χ1v) is 11.4. The van der Waals surface area contributed by atoms with Crippen LogP contribution in [0.2, 0.25) is 5.02 Å². The van der Waals surface area contributed by atoms with Crippen LogP contribution in [0.5, 0.6) is 0 Å². The van der Waals surface area contributed by atoms with E-state index in [1.54, 1.807) is 0 Å². The van der Waals surface area contributed by atoms with Crippen molar-refractivity contribution < 1.29 is 4.79 Å². The third-order valence-corrected chi connectivity index (χ3v) is 6.79. The number of halogens is 2. The highest BCUT2D eigenvalue weighted by Gasteiger charge is 2.34. The van der Waals surface area contributed by atoms with E-state index in [-0.39, 0.29) is 12.1 Å². The smallest absolute Gasteiger partial charge is 0.322 e. The van der Waals surface area contributed by atoms with Gasteiger partial charge in [-0.2, -0.15) is 0 Å². The Kier molecular flexibility index (Phi) is 5.24. The number of aryl methyl sites for hydroxylation is 1. The van der Waals surface area contributed by atoms with Crippen LogP contribution >= 0.6 is 27.5 Å². The molecular formula is C25H21BrClN3O. The summed E-state index contributed by atoms with van der Waals surface area (Å²) in [4.78, 5) is 18.9. The number of hydrogen-bond donors (Lipinski definition) is 2. The van der Waals surface area contributed by atoms with Gasteiger partial charge in [-0.25, -0.2) is 4.79 Å². The lowest BCUT2D eigenvalue weighted by Gasteiger charge is -2.36. The van der Waals surface area contributed by atoms with E-state index in [4.69, 9.17) is 11.6 Å². The SMILES string of the molecule is Cc1ccc([C@H]2c3[nH]c4ccc(Cl)cc4c3CCN2C(=O)Nc2ccccc2Br)cc1. The quantitative estimate of drug-likeness (QED) is 0.307. The fourth-order valence-corrected chi connectivity index (χ4v) is 4.88. The highest BCUT2D eigenvalue weighted by atomic mass is 79.9. The monoisotopic (exact) mass is 493 g/mol. The van der Waals surface area contributed by atoms with Gasteiger partial charge < -0.3 is 15.2 Å². The van der Waals surface area contributed by atoms with Gasteiger partial charge in [-0.05, 0) is 70.7 Å². The number of benzene rings is 3. The number of anilines is 1. The molecule has 3 aromatic carbocycles. The summed E-state index contributed by atoms with van der Waals surface area (Å²) in [5, 5.41) is 4.92. The molecule has 4 nitrogen and oxygen atoms in total. The fraction of sp³-hybridized carbons (Fsp3) is 0.160. The second-order valence-corrected chi connectivity index (χ2v) is 9.16. The standard InChI is InChI=1S/C25H21BrClN3O/c1-15-6-8-16(9-7-15)24-23-18(19-14-17(27)10-11-21(19)28-23)12-13-30(24)25(31)29-22-5-3-2-4-20(22)26/h2-11,14,24,28H,12-13H2,1H3,(H,29,31)/t24-/m0/s1. The third-order valence-electron chi connectivity index (χ3n) is 5.86. The van der Waals surface area contributed by atoms with Gasteiger partial charge in [0.15, 0.2) is 0 Å². The molecule has 1 aliphatic rings. The second-order valence-electron chi connectivity index (χ2n) is 7.87. The molecule has 1 aliphatic heterocycles. The van der Waals surface area contributed by atoms with Gasteiger partial charge in [0.25, 0.3) is 0 Å². The van der Waals surface area contributed by atoms with Crippen molar-refractivity contribution in [1.82, 2.24) is 9.88 Å². The van der Waals surface area contributed by atoms with E-state index in [1.165, 1.54) is 11.1 Å². The normalized spacial score (nSPS) is 15.7. The number of nitrogens with one attached hydrogen (secondary N) is 2. The molecule has 1 atom stereocenters. The van der Waals surface area contributed by atoms with Crippen LogP contribution in [0.4, 0.5) is 10.5 Å². The van der Waals surface area contributed by atoms with E-state index < -0.39 is 0 Å². The maximum absolute atomic E-state index is 13.4.